The van der Waals surface area contributed by atoms with Gasteiger partial charge in [0, 0.05) is 11.1 Å². The van der Waals surface area contributed by atoms with E-state index in [0.29, 0.717) is 0 Å². The molecule has 0 radical (unpaired) electrons. The zero-order valence-corrected chi connectivity index (χ0v) is 20.4. The Balaban J connectivity index is 1.57. The Bertz CT molecular complexity index is 1490. The van der Waals surface area contributed by atoms with Gasteiger partial charge in [-0.3, -0.25) is 4.72 Å². The molecule has 0 saturated carbocycles. The molecule has 0 saturated heterocycles. The lowest BCUT2D eigenvalue weighted by Crippen LogP contribution is -2.13. The van der Waals surface area contributed by atoms with Crippen molar-refractivity contribution in [2.75, 3.05) is 4.72 Å². The molecule has 6 nitrogen and oxygen atoms in total. The maximum Gasteiger partial charge on any atom is 0.263 e. The number of nitrogens with zero attached hydrogens (tertiary/aromatic N) is 2. The molecule has 0 aliphatic heterocycles. The van der Waals surface area contributed by atoms with Crippen molar-refractivity contribution in [1.29, 1.82) is 0 Å². The van der Waals surface area contributed by atoms with Gasteiger partial charge in [-0.25, -0.2) is 21.9 Å². The van der Waals surface area contributed by atoms with Crippen LogP contribution in [0.2, 0.25) is 20.1 Å². The van der Waals surface area contributed by atoms with E-state index < -0.39 is 21.7 Å². The first-order chi connectivity index (χ1) is 16.0. The van der Waals surface area contributed by atoms with Crippen LogP contribution in [0.3, 0.4) is 0 Å². The third-order valence-electron chi connectivity index (χ3n) is 4.37. The Kier molecular flexibility index (Phi) is 6.93. The molecule has 34 heavy (non-hydrogen) atoms. The van der Waals surface area contributed by atoms with Gasteiger partial charge in [0.25, 0.3) is 10.0 Å². The Hall–Kier alpha value is -2.56. The van der Waals surface area contributed by atoms with Crippen molar-refractivity contribution < 1.29 is 21.9 Å². The third-order valence-corrected chi connectivity index (χ3v) is 7.03. The summed E-state index contributed by atoms with van der Waals surface area (Å²) >= 11 is 24.3. The van der Waals surface area contributed by atoms with Crippen LogP contribution >= 0.6 is 46.4 Å². The molecule has 0 atom stereocenters. The highest BCUT2D eigenvalue weighted by Gasteiger charge is 2.20. The van der Waals surface area contributed by atoms with E-state index in [1.54, 1.807) is 0 Å². The lowest BCUT2D eigenvalue weighted by Gasteiger charge is -2.13. The topological polar surface area (TPSA) is 73.2 Å². The highest BCUT2D eigenvalue weighted by molar-refractivity contribution is 7.92. The van der Waals surface area contributed by atoms with E-state index in [0.717, 1.165) is 16.8 Å². The van der Waals surface area contributed by atoms with Gasteiger partial charge in [-0.05, 0) is 42.5 Å². The summed E-state index contributed by atoms with van der Waals surface area (Å²) in [5.74, 6) is -1.38. The lowest BCUT2D eigenvalue weighted by atomic mass is 10.3. The van der Waals surface area contributed by atoms with Gasteiger partial charge in [0.2, 0.25) is 0 Å². The molecular weight excluding hydrogens is 554 g/mol. The Morgan fingerprint density at radius 2 is 1.62 bits per heavy atom. The molecule has 1 heterocycles. The van der Waals surface area contributed by atoms with Crippen molar-refractivity contribution in [2.24, 2.45) is 0 Å². The number of benzene rings is 3. The van der Waals surface area contributed by atoms with Crippen molar-refractivity contribution in [2.45, 2.75) is 4.90 Å². The van der Waals surface area contributed by atoms with Crippen molar-refractivity contribution in [3.05, 3.63) is 92.6 Å². The number of anilines is 1. The molecular formula is C21H11Cl4F2N3O3S. The fraction of sp³-hybridized carbons (Fsp3) is 0. The van der Waals surface area contributed by atoms with E-state index in [2.05, 4.69) is 9.82 Å². The summed E-state index contributed by atoms with van der Waals surface area (Å²) in [6.07, 6.45) is 2.61. The van der Waals surface area contributed by atoms with Crippen LogP contribution in [-0.2, 0) is 10.0 Å². The monoisotopic (exact) mass is 563 g/mol. The van der Waals surface area contributed by atoms with E-state index in [9.17, 15) is 17.2 Å². The Morgan fingerprint density at radius 1 is 0.912 bits per heavy atom. The maximum absolute atomic E-state index is 14.0. The number of rotatable bonds is 6. The smallest absolute Gasteiger partial charge is 0.263 e. The Morgan fingerprint density at radius 3 is 2.26 bits per heavy atom. The molecule has 13 heteroatoms. The lowest BCUT2D eigenvalue weighted by molar-refractivity contribution is 0.483. The summed E-state index contributed by atoms with van der Waals surface area (Å²) in [6, 6.07) is 9.55. The molecule has 0 fully saturated rings. The molecule has 0 unspecified atom stereocenters. The van der Waals surface area contributed by atoms with Crippen molar-refractivity contribution in [3.8, 4) is 17.2 Å². The first-order valence-electron chi connectivity index (χ1n) is 9.18. The van der Waals surface area contributed by atoms with E-state index in [1.807, 2.05) is 0 Å². The molecule has 0 spiro atoms. The van der Waals surface area contributed by atoms with Gasteiger partial charge in [0.05, 0.1) is 33.1 Å². The van der Waals surface area contributed by atoms with Crippen molar-refractivity contribution in [1.82, 2.24) is 9.78 Å². The number of halogens is 6. The van der Waals surface area contributed by atoms with Crippen LogP contribution in [0.4, 0.5) is 14.5 Å². The second-order valence-electron chi connectivity index (χ2n) is 6.77. The number of aromatic nitrogens is 2. The first-order valence-corrected chi connectivity index (χ1v) is 12.2. The van der Waals surface area contributed by atoms with Gasteiger partial charge < -0.3 is 4.74 Å². The second-order valence-corrected chi connectivity index (χ2v) is 10.1. The molecule has 3 aromatic carbocycles. The average molecular weight is 565 g/mol. The van der Waals surface area contributed by atoms with Crippen LogP contribution in [0, 0.1) is 11.6 Å². The normalized spacial score (nSPS) is 11.5. The summed E-state index contributed by atoms with van der Waals surface area (Å²) in [4.78, 5) is -0.188. The summed E-state index contributed by atoms with van der Waals surface area (Å²) in [5.41, 5.74) is 0.0523. The number of nitrogens with one attached hydrogen (secondary N) is 1. The fourth-order valence-corrected chi connectivity index (χ4v) is 5.27. The minimum Gasteiger partial charge on any atom is -0.451 e. The molecule has 0 aliphatic carbocycles. The highest BCUT2D eigenvalue weighted by atomic mass is 35.5. The van der Waals surface area contributed by atoms with E-state index in [-0.39, 0.29) is 47.9 Å². The number of ether oxygens (including phenoxy) is 1. The molecule has 176 valence electrons. The van der Waals surface area contributed by atoms with Crippen LogP contribution < -0.4 is 9.46 Å². The number of sulfonamides is 1. The van der Waals surface area contributed by atoms with Crippen molar-refractivity contribution in [3.63, 3.8) is 0 Å². The summed E-state index contributed by atoms with van der Waals surface area (Å²) in [7, 11) is -4.07. The molecule has 1 N–H and O–H groups in total. The van der Waals surface area contributed by atoms with Gasteiger partial charge in [-0.15, -0.1) is 0 Å². The van der Waals surface area contributed by atoms with E-state index in [1.165, 1.54) is 48.8 Å². The summed E-state index contributed by atoms with van der Waals surface area (Å²) in [6.45, 7) is 0. The summed E-state index contributed by atoms with van der Waals surface area (Å²) in [5, 5.41) is 4.15. The molecule has 1 aromatic heterocycles. The molecule has 0 aliphatic rings. The predicted molar refractivity (Wildman–Crippen MR) is 127 cm³/mol. The van der Waals surface area contributed by atoms with Gasteiger partial charge in [0.15, 0.2) is 17.3 Å². The molecule has 0 bridgehead atoms. The molecule has 0 amide bonds. The standard InChI is InChI=1S/C21H11Cl4F2N3O3S/c22-11-1-4-20(15(23)5-11)34(31,32)29-13-7-16(24)21(17(25)8-13)33-14-9-28-30(10-14)19-3-2-12(26)6-18(19)27/h1-10,29H. The van der Waals surface area contributed by atoms with Crippen molar-refractivity contribution >= 4 is 62.1 Å². The van der Waals surface area contributed by atoms with Gasteiger partial charge >= 0.3 is 0 Å². The van der Waals surface area contributed by atoms with E-state index >= 15 is 0 Å². The minimum atomic E-state index is -4.07. The van der Waals surface area contributed by atoms with Gasteiger partial charge in [-0.2, -0.15) is 5.10 Å². The van der Waals surface area contributed by atoms with Crippen LogP contribution in [-0.4, -0.2) is 18.2 Å². The van der Waals surface area contributed by atoms with Gasteiger partial charge in [-0.1, -0.05) is 46.4 Å². The average Bonchev–Trinajstić information content (AvgIpc) is 3.18. The molecule has 4 aromatic rings. The quantitative estimate of drug-likeness (QED) is 0.265. The second kappa shape index (κ2) is 9.59. The fourth-order valence-electron chi connectivity index (χ4n) is 2.90. The largest absolute Gasteiger partial charge is 0.451 e. The SMILES string of the molecule is O=S(=O)(Nc1cc(Cl)c(Oc2cnn(-c3ccc(F)cc3F)c2)c(Cl)c1)c1ccc(Cl)cc1Cl. The number of hydrogen-bond acceptors (Lipinski definition) is 4. The zero-order valence-electron chi connectivity index (χ0n) is 16.6. The van der Waals surface area contributed by atoms with Crippen LogP contribution in [0.25, 0.3) is 5.69 Å². The zero-order chi connectivity index (χ0) is 24.6. The Labute approximate surface area is 212 Å². The van der Waals surface area contributed by atoms with Crippen LogP contribution in [0.15, 0.2) is 65.8 Å². The first kappa shape index (κ1) is 24.6. The predicted octanol–water partition coefficient (Wildman–Crippen LogP) is 7.36. The van der Waals surface area contributed by atoms with Crippen LogP contribution in [0.5, 0.6) is 11.5 Å². The molecule has 4 rings (SSSR count). The van der Waals surface area contributed by atoms with E-state index in [4.69, 9.17) is 51.1 Å². The van der Waals surface area contributed by atoms with Gasteiger partial charge in [0.1, 0.15) is 16.4 Å². The summed E-state index contributed by atoms with van der Waals surface area (Å²) < 4.78 is 61.7. The highest BCUT2D eigenvalue weighted by Crippen LogP contribution is 2.39. The minimum absolute atomic E-state index is 0.000872. The third kappa shape index (κ3) is 5.24. The number of hydrogen-bond donors (Lipinski definition) is 1. The maximum atomic E-state index is 14.0. The van der Waals surface area contributed by atoms with Crippen LogP contribution in [0.1, 0.15) is 0 Å².